The van der Waals surface area contributed by atoms with Crippen molar-refractivity contribution >= 4 is 38.3 Å². The minimum Gasteiger partial charge on any atom is -0.308 e. The first-order valence-corrected chi connectivity index (χ1v) is 8.84. The lowest BCUT2D eigenvalue weighted by Gasteiger charge is -2.21. The Hall–Kier alpha value is -2.84. The minimum atomic E-state index is -0.532. The zero-order valence-corrected chi connectivity index (χ0v) is 15.3. The first kappa shape index (κ1) is 18.0. The van der Waals surface area contributed by atoms with E-state index in [1.807, 2.05) is 43.3 Å². The van der Waals surface area contributed by atoms with Crippen molar-refractivity contribution in [2.45, 2.75) is 0 Å². The van der Waals surface area contributed by atoms with Gasteiger partial charge in [-0.3, -0.25) is 19.8 Å². The van der Waals surface area contributed by atoms with Crippen LogP contribution in [-0.2, 0) is 0 Å². The van der Waals surface area contributed by atoms with Crippen LogP contribution in [-0.4, -0.2) is 47.9 Å². The summed E-state index contributed by atoms with van der Waals surface area (Å²) < 4.78 is 0.965. The summed E-state index contributed by atoms with van der Waals surface area (Å²) in [6.07, 6.45) is 0. The number of aromatic nitrogens is 1. The van der Waals surface area contributed by atoms with Crippen molar-refractivity contribution in [2.24, 2.45) is 0 Å². The lowest BCUT2D eigenvalue weighted by molar-refractivity contribution is -0.385. The van der Waals surface area contributed by atoms with E-state index in [1.165, 1.54) is 28.4 Å². The second kappa shape index (κ2) is 7.59. The number of hydrogen-bond acceptors (Lipinski definition) is 6. The highest BCUT2D eigenvalue weighted by molar-refractivity contribution is 7.22. The molecule has 26 heavy (non-hydrogen) atoms. The number of anilines is 1. The summed E-state index contributed by atoms with van der Waals surface area (Å²) in [6, 6.07) is 13.6. The summed E-state index contributed by atoms with van der Waals surface area (Å²) in [6.45, 7) is 1.00. The van der Waals surface area contributed by atoms with Crippen molar-refractivity contribution in [1.29, 1.82) is 0 Å². The number of thiazole rings is 1. The molecule has 8 heteroatoms. The zero-order valence-electron chi connectivity index (χ0n) is 14.5. The number of fused-ring (bicyclic) bond motifs is 1. The lowest BCUT2D eigenvalue weighted by Crippen LogP contribution is -2.37. The molecular weight excluding hydrogens is 352 g/mol. The van der Waals surface area contributed by atoms with E-state index in [0.717, 1.165) is 10.2 Å². The predicted octanol–water partition coefficient (Wildman–Crippen LogP) is 3.41. The second-order valence-electron chi connectivity index (χ2n) is 6.00. The van der Waals surface area contributed by atoms with Gasteiger partial charge in [-0.05, 0) is 32.3 Å². The van der Waals surface area contributed by atoms with Crippen molar-refractivity contribution in [3.8, 4) is 0 Å². The molecular formula is C18H18N4O3S. The average Bonchev–Trinajstić information content (AvgIpc) is 3.05. The van der Waals surface area contributed by atoms with Gasteiger partial charge in [0.1, 0.15) is 5.56 Å². The third-order valence-corrected chi connectivity index (χ3v) is 4.92. The quantitative estimate of drug-likeness (QED) is 0.491. The summed E-state index contributed by atoms with van der Waals surface area (Å²) in [7, 11) is 3.82. The monoisotopic (exact) mass is 370 g/mol. The highest BCUT2D eigenvalue weighted by Crippen LogP contribution is 2.30. The minimum absolute atomic E-state index is 0.0653. The number of amides is 1. The number of nitro benzene ring substituents is 1. The van der Waals surface area contributed by atoms with E-state index in [-0.39, 0.29) is 11.3 Å². The highest BCUT2D eigenvalue weighted by Gasteiger charge is 2.27. The van der Waals surface area contributed by atoms with Crippen molar-refractivity contribution in [1.82, 2.24) is 9.88 Å². The number of carbonyl (C=O) groups excluding carboxylic acids is 1. The normalized spacial score (nSPS) is 11.0. The van der Waals surface area contributed by atoms with E-state index in [4.69, 9.17) is 0 Å². The van der Waals surface area contributed by atoms with Crippen LogP contribution in [0.4, 0.5) is 10.8 Å². The molecule has 3 rings (SSSR count). The molecule has 0 atom stereocenters. The zero-order chi connectivity index (χ0) is 18.7. The van der Waals surface area contributed by atoms with Crippen LogP contribution in [0, 0.1) is 10.1 Å². The second-order valence-corrected chi connectivity index (χ2v) is 7.01. The summed E-state index contributed by atoms with van der Waals surface area (Å²) in [5.74, 6) is -0.418. The Kier molecular flexibility index (Phi) is 5.24. The van der Waals surface area contributed by atoms with Gasteiger partial charge in [0, 0.05) is 19.2 Å². The van der Waals surface area contributed by atoms with Gasteiger partial charge in [0.2, 0.25) is 0 Å². The number of benzene rings is 2. The number of carbonyl (C=O) groups is 1. The van der Waals surface area contributed by atoms with E-state index in [1.54, 1.807) is 12.1 Å². The fourth-order valence-electron chi connectivity index (χ4n) is 2.52. The van der Waals surface area contributed by atoms with Gasteiger partial charge in [-0.25, -0.2) is 4.98 Å². The molecule has 0 saturated carbocycles. The Bertz CT molecular complexity index is 921. The number of hydrogen-bond donors (Lipinski definition) is 0. The molecule has 1 amide bonds. The molecule has 0 radical (unpaired) electrons. The van der Waals surface area contributed by atoms with Gasteiger partial charge in [-0.15, -0.1) is 0 Å². The molecule has 2 aromatic carbocycles. The molecule has 0 aliphatic carbocycles. The Balaban J connectivity index is 2.03. The topological polar surface area (TPSA) is 79.6 Å². The molecule has 0 aliphatic heterocycles. The summed E-state index contributed by atoms with van der Waals surface area (Å²) >= 11 is 1.40. The average molecular weight is 370 g/mol. The van der Waals surface area contributed by atoms with E-state index < -0.39 is 10.8 Å². The van der Waals surface area contributed by atoms with E-state index >= 15 is 0 Å². The van der Waals surface area contributed by atoms with Crippen LogP contribution in [0.5, 0.6) is 0 Å². The van der Waals surface area contributed by atoms with Gasteiger partial charge in [0.05, 0.1) is 15.1 Å². The van der Waals surface area contributed by atoms with Crippen LogP contribution in [0.3, 0.4) is 0 Å². The Morgan fingerprint density at radius 2 is 1.81 bits per heavy atom. The van der Waals surface area contributed by atoms with Crippen LogP contribution in [0.15, 0.2) is 48.5 Å². The molecule has 0 fully saturated rings. The summed E-state index contributed by atoms with van der Waals surface area (Å²) in [5, 5.41) is 11.8. The van der Waals surface area contributed by atoms with Crippen molar-refractivity contribution in [2.75, 3.05) is 32.1 Å². The molecule has 134 valence electrons. The summed E-state index contributed by atoms with van der Waals surface area (Å²) in [4.78, 5) is 31.9. The van der Waals surface area contributed by atoms with Crippen LogP contribution in [0.2, 0.25) is 0 Å². The third kappa shape index (κ3) is 3.71. The molecule has 1 aromatic heterocycles. The molecule has 3 aromatic rings. The smallest absolute Gasteiger partial charge is 0.282 e. The van der Waals surface area contributed by atoms with Crippen LogP contribution in [0.25, 0.3) is 10.2 Å². The molecule has 0 aliphatic rings. The predicted molar refractivity (Wildman–Crippen MR) is 103 cm³/mol. The SMILES string of the molecule is CN(C)CCN(C(=O)c1ccccc1[N+](=O)[O-])c1nc2ccccc2s1. The van der Waals surface area contributed by atoms with E-state index in [2.05, 4.69) is 4.98 Å². The van der Waals surface area contributed by atoms with Gasteiger partial charge in [0.25, 0.3) is 11.6 Å². The first-order valence-electron chi connectivity index (χ1n) is 8.03. The highest BCUT2D eigenvalue weighted by atomic mass is 32.1. The van der Waals surface area contributed by atoms with Crippen LogP contribution in [0.1, 0.15) is 10.4 Å². The molecule has 1 heterocycles. The number of likely N-dealkylation sites (N-methyl/N-ethyl adjacent to an activating group) is 1. The van der Waals surface area contributed by atoms with Crippen LogP contribution < -0.4 is 4.90 Å². The van der Waals surface area contributed by atoms with Gasteiger partial charge in [-0.2, -0.15) is 0 Å². The fourth-order valence-corrected chi connectivity index (χ4v) is 3.51. The number of rotatable bonds is 6. The van der Waals surface area contributed by atoms with Crippen molar-refractivity contribution < 1.29 is 9.72 Å². The molecule has 0 unspecified atom stereocenters. The van der Waals surface area contributed by atoms with Crippen LogP contribution >= 0.6 is 11.3 Å². The molecule has 0 spiro atoms. The molecule has 0 saturated heterocycles. The largest absolute Gasteiger partial charge is 0.308 e. The van der Waals surface area contributed by atoms with Gasteiger partial charge >= 0.3 is 0 Å². The van der Waals surface area contributed by atoms with Gasteiger partial charge in [0.15, 0.2) is 5.13 Å². The first-order chi connectivity index (χ1) is 12.5. The Morgan fingerprint density at radius 3 is 2.50 bits per heavy atom. The maximum atomic E-state index is 13.1. The van der Waals surface area contributed by atoms with Crippen molar-refractivity contribution in [3.05, 3.63) is 64.2 Å². The number of nitro groups is 1. The Morgan fingerprint density at radius 1 is 1.12 bits per heavy atom. The van der Waals surface area contributed by atoms with E-state index in [0.29, 0.717) is 18.2 Å². The standard InChI is InChI=1S/C18H18N4O3S/c1-20(2)11-12-21(18-19-14-8-4-6-10-16(14)26-18)17(23)13-7-3-5-9-15(13)22(24)25/h3-10H,11-12H2,1-2H3. The van der Waals surface area contributed by atoms with E-state index in [9.17, 15) is 14.9 Å². The molecule has 0 N–H and O–H groups in total. The molecule has 0 bridgehead atoms. The van der Waals surface area contributed by atoms with Crippen molar-refractivity contribution in [3.63, 3.8) is 0 Å². The number of para-hydroxylation sites is 2. The maximum absolute atomic E-state index is 13.1. The lowest BCUT2D eigenvalue weighted by atomic mass is 10.1. The summed E-state index contributed by atoms with van der Waals surface area (Å²) in [5.41, 5.74) is 0.668. The molecule has 7 nitrogen and oxygen atoms in total. The van der Waals surface area contributed by atoms with Gasteiger partial charge in [-0.1, -0.05) is 35.6 Å². The van der Waals surface area contributed by atoms with Gasteiger partial charge < -0.3 is 4.90 Å². The maximum Gasteiger partial charge on any atom is 0.282 e. The Labute approximate surface area is 154 Å². The third-order valence-electron chi connectivity index (χ3n) is 3.86. The fraction of sp³-hybridized carbons (Fsp3) is 0.222. The number of nitrogens with zero attached hydrogens (tertiary/aromatic N) is 4.